The zero-order valence-corrected chi connectivity index (χ0v) is 18.2. The van der Waals surface area contributed by atoms with Gasteiger partial charge in [-0.3, -0.25) is 4.79 Å². The molecule has 3 aromatic carbocycles. The molecule has 32 heavy (non-hydrogen) atoms. The molecule has 1 aliphatic heterocycles. The van der Waals surface area contributed by atoms with Gasteiger partial charge in [0.25, 0.3) is 0 Å². The van der Waals surface area contributed by atoms with Crippen molar-refractivity contribution in [2.45, 2.75) is 23.9 Å². The number of hydrogen-bond donors (Lipinski definition) is 2. The smallest absolute Gasteiger partial charge is 0.241 e. The Morgan fingerprint density at radius 1 is 1.00 bits per heavy atom. The number of nitrogens with zero attached hydrogens (tertiary/aromatic N) is 2. The highest BCUT2D eigenvalue weighted by Crippen LogP contribution is 2.22. The number of carbonyl (C=O) groups is 1. The number of hydrazone groups is 1. The van der Waals surface area contributed by atoms with E-state index in [1.54, 1.807) is 29.2 Å². The molecule has 0 aromatic heterocycles. The van der Waals surface area contributed by atoms with Crippen molar-refractivity contribution in [1.82, 2.24) is 9.62 Å². The number of amides is 1. The Labute approximate surface area is 187 Å². The normalized spacial score (nSPS) is 16.7. The summed E-state index contributed by atoms with van der Waals surface area (Å²) in [4.78, 5) is 14.6. The van der Waals surface area contributed by atoms with E-state index in [0.717, 1.165) is 22.3 Å². The molecular weight excluding hydrogens is 424 g/mol. The molecule has 1 heterocycles. The van der Waals surface area contributed by atoms with Gasteiger partial charge in [-0.1, -0.05) is 60.7 Å². The Kier molecular flexibility index (Phi) is 6.34. The van der Waals surface area contributed by atoms with E-state index in [1.165, 1.54) is 6.21 Å². The third-order valence-electron chi connectivity index (χ3n) is 5.41. The lowest BCUT2D eigenvalue weighted by Gasteiger charge is -2.17. The number of rotatable bonds is 7. The number of carbonyl (C=O) groups excluding carboxylic acids is 1. The molecule has 1 saturated heterocycles. The molecule has 0 saturated carbocycles. The lowest BCUT2D eigenvalue weighted by molar-refractivity contribution is -0.129. The van der Waals surface area contributed by atoms with Crippen LogP contribution in [0.1, 0.15) is 17.5 Å². The second-order valence-corrected chi connectivity index (χ2v) is 9.35. The average molecular weight is 449 g/mol. The molecule has 3 aromatic rings. The van der Waals surface area contributed by atoms with E-state index in [0.29, 0.717) is 19.5 Å². The Morgan fingerprint density at radius 2 is 1.72 bits per heavy atom. The SMILES string of the molecule is NN=Cc1cccc(CN2CC[C@H](NS(=O)(=O)c3ccc(-c4ccccc4)cc3)C2=O)c1. The maximum atomic E-state index is 12.9. The van der Waals surface area contributed by atoms with Gasteiger partial charge in [0.05, 0.1) is 11.1 Å². The summed E-state index contributed by atoms with van der Waals surface area (Å²) < 4.78 is 28.3. The zero-order chi connectivity index (χ0) is 22.6. The fraction of sp³-hybridized carbons (Fsp3) is 0.167. The molecule has 4 rings (SSSR count). The molecule has 0 spiro atoms. The Bertz CT molecular complexity index is 1230. The molecule has 1 atom stereocenters. The van der Waals surface area contributed by atoms with Crippen LogP contribution in [0.15, 0.2) is 88.9 Å². The van der Waals surface area contributed by atoms with Gasteiger partial charge in [0.1, 0.15) is 6.04 Å². The average Bonchev–Trinajstić information content (AvgIpc) is 3.13. The van der Waals surface area contributed by atoms with Gasteiger partial charge in [-0.05, 0) is 46.9 Å². The number of nitrogens with two attached hydrogens (primary N) is 1. The van der Waals surface area contributed by atoms with E-state index < -0.39 is 16.1 Å². The van der Waals surface area contributed by atoms with Gasteiger partial charge in [0.2, 0.25) is 15.9 Å². The van der Waals surface area contributed by atoms with Crippen LogP contribution in [0.3, 0.4) is 0 Å². The minimum atomic E-state index is -3.81. The van der Waals surface area contributed by atoms with Gasteiger partial charge >= 0.3 is 0 Å². The second-order valence-electron chi connectivity index (χ2n) is 7.64. The van der Waals surface area contributed by atoms with Crippen LogP contribution < -0.4 is 10.6 Å². The summed E-state index contributed by atoms with van der Waals surface area (Å²) in [7, 11) is -3.81. The van der Waals surface area contributed by atoms with E-state index in [1.807, 2.05) is 54.6 Å². The van der Waals surface area contributed by atoms with Gasteiger partial charge < -0.3 is 10.7 Å². The van der Waals surface area contributed by atoms with E-state index >= 15 is 0 Å². The number of sulfonamides is 1. The molecule has 8 heteroatoms. The number of nitrogens with one attached hydrogen (secondary N) is 1. The Balaban J connectivity index is 1.42. The highest BCUT2D eigenvalue weighted by atomic mass is 32.2. The molecule has 1 amide bonds. The summed E-state index contributed by atoms with van der Waals surface area (Å²) in [5.74, 6) is 4.97. The second kappa shape index (κ2) is 9.33. The molecule has 164 valence electrons. The molecule has 0 radical (unpaired) electrons. The molecule has 1 fully saturated rings. The third-order valence-corrected chi connectivity index (χ3v) is 6.90. The Hall–Kier alpha value is -3.49. The fourth-order valence-corrected chi connectivity index (χ4v) is 5.02. The van der Waals surface area contributed by atoms with E-state index in [4.69, 9.17) is 5.84 Å². The number of likely N-dealkylation sites (tertiary alicyclic amines) is 1. The summed E-state index contributed by atoms with van der Waals surface area (Å²) in [6, 6.07) is 23.1. The summed E-state index contributed by atoms with van der Waals surface area (Å²) in [6.45, 7) is 0.878. The first-order valence-electron chi connectivity index (χ1n) is 10.2. The first-order valence-corrected chi connectivity index (χ1v) is 11.7. The van der Waals surface area contributed by atoms with E-state index in [-0.39, 0.29) is 10.8 Å². The summed E-state index contributed by atoms with van der Waals surface area (Å²) in [6.07, 6.45) is 1.96. The molecule has 1 aliphatic rings. The van der Waals surface area contributed by atoms with Crippen LogP contribution in [0.4, 0.5) is 0 Å². The van der Waals surface area contributed by atoms with Crippen LogP contribution in [0.2, 0.25) is 0 Å². The lowest BCUT2D eigenvalue weighted by Crippen LogP contribution is -2.41. The van der Waals surface area contributed by atoms with Crippen LogP contribution in [0, 0.1) is 0 Å². The molecule has 3 N–H and O–H groups in total. The van der Waals surface area contributed by atoms with Crippen molar-refractivity contribution in [3.63, 3.8) is 0 Å². The van der Waals surface area contributed by atoms with Crippen LogP contribution in [-0.2, 0) is 21.4 Å². The van der Waals surface area contributed by atoms with Crippen molar-refractivity contribution in [3.05, 3.63) is 90.0 Å². The van der Waals surface area contributed by atoms with E-state index in [9.17, 15) is 13.2 Å². The quantitative estimate of drug-likeness (QED) is 0.329. The van der Waals surface area contributed by atoms with Gasteiger partial charge in [-0.25, -0.2) is 8.42 Å². The largest absolute Gasteiger partial charge is 0.337 e. The number of benzene rings is 3. The van der Waals surface area contributed by atoms with E-state index in [2.05, 4.69) is 9.82 Å². The van der Waals surface area contributed by atoms with Crippen molar-refractivity contribution < 1.29 is 13.2 Å². The molecule has 7 nitrogen and oxygen atoms in total. The molecular formula is C24H24N4O3S. The third kappa shape index (κ3) is 4.87. The number of hydrogen-bond acceptors (Lipinski definition) is 5. The standard InChI is InChI=1S/C24H24N4O3S/c25-26-16-18-5-4-6-19(15-18)17-28-14-13-23(24(28)29)27-32(30,31)22-11-9-21(10-12-22)20-7-2-1-3-8-20/h1-12,15-16,23,27H,13-14,17,25H2/t23-/m0/s1. The summed E-state index contributed by atoms with van der Waals surface area (Å²) in [5.41, 5.74) is 3.70. The molecule has 0 aliphatic carbocycles. The highest BCUT2D eigenvalue weighted by Gasteiger charge is 2.34. The van der Waals surface area contributed by atoms with Crippen molar-refractivity contribution in [2.24, 2.45) is 10.9 Å². The predicted molar refractivity (Wildman–Crippen MR) is 124 cm³/mol. The first kappa shape index (κ1) is 21.7. The zero-order valence-electron chi connectivity index (χ0n) is 17.4. The van der Waals surface area contributed by atoms with Crippen molar-refractivity contribution >= 4 is 22.1 Å². The fourth-order valence-electron chi connectivity index (χ4n) is 3.80. The van der Waals surface area contributed by atoms with Crippen molar-refractivity contribution in [3.8, 4) is 11.1 Å². The van der Waals surface area contributed by atoms with Gasteiger partial charge in [0.15, 0.2) is 0 Å². The van der Waals surface area contributed by atoms with Crippen molar-refractivity contribution in [1.29, 1.82) is 0 Å². The minimum Gasteiger partial charge on any atom is -0.337 e. The summed E-state index contributed by atoms with van der Waals surface area (Å²) >= 11 is 0. The van der Waals surface area contributed by atoms with Crippen molar-refractivity contribution in [2.75, 3.05) is 6.54 Å². The van der Waals surface area contributed by atoms with Crippen LogP contribution in [0.5, 0.6) is 0 Å². The summed E-state index contributed by atoms with van der Waals surface area (Å²) in [5, 5.41) is 3.52. The lowest BCUT2D eigenvalue weighted by atomic mass is 10.1. The van der Waals surface area contributed by atoms with Gasteiger partial charge in [-0.2, -0.15) is 9.82 Å². The minimum absolute atomic E-state index is 0.136. The van der Waals surface area contributed by atoms with Crippen LogP contribution >= 0.6 is 0 Å². The molecule has 0 unspecified atom stereocenters. The maximum Gasteiger partial charge on any atom is 0.241 e. The van der Waals surface area contributed by atoms with Gasteiger partial charge in [-0.15, -0.1) is 0 Å². The topological polar surface area (TPSA) is 105 Å². The maximum absolute atomic E-state index is 12.9. The van der Waals surface area contributed by atoms with Crippen LogP contribution in [-0.4, -0.2) is 38.0 Å². The van der Waals surface area contributed by atoms with Gasteiger partial charge in [0, 0.05) is 13.1 Å². The highest BCUT2D eigenvalue weighted by molar-refractivity contribution is 7.89. The first-order chi connectivity index (χ1) is 15.5. The molecule has 0 bridgehead atoms. The monoisotopic (exact) mass is 448 g/mol. The van der Waals surface area contributed by atoms with Crippen LogP contribution in [0.25, 0.3) is 11.1 Å². The predicted octanol–water partition coefficient (Wildman–Crippen LogP) is 2.73. The Morgan fingerprint density at radius 3 is 2.44 bits per heavy atom.